The lowest BCUT2D eigenvalue weighted by Crippen LogP contribution is -2.49. The van der Waals surface area contributed by atoms with E-state index in [4.69, 9.17) is 8.85 Å². The minimum Gasteiger partial charge on any atom is -0.497 e. The number of piperidine rings is 1. The van der Waals surface area contributed by atoms with Crippen molar-refractivity contribution in [2.24, 2.45) is 0 Å². The summed E-state index contributed by atoms with van der Waals surface area (Å²) in [7, 11) is -2.56. The maximum absolute atomic E-state index is 14.0. The largest absolute Gasteiger partial charge is 0.497 e. The lowest BCUT2D eigenvalue weighted by atomic mass is 10.0. The maximum Gasteiger partial charge on any atom is 0.261 e. The highest BCUT2D eigenvalue weighted by atomic mass is 32.1. The number of hydrogen-bond acceptors (Lipinski definition) is 8. The van der Waals surface area contributed by atoms with Gasteiger partial charge in [-0.05, 0) is 74.5 Å². The second kappa shape index (κ2) is 9.44. The zero-order valence-corrected chi connectivity index (χ0v) is 19.7. The lowest BCUT2D eigenvalue weighted by molar-refractivity contribution is 0.0971. The van der Waals surface area contributed by atoms with Crippen molar-refractivity contribution in [3.8, 4) is 16.5 Å². The van der Waals surface area contributed by atoms with Gasteiger partial charge in [-0.3, -0.25) is 14.7 Å². The van der Waals surface area contributed by atoms with Crippen LogP contribution in [-0.2, 0) is 0 Å². The number of nitrogens with one attached hydrogen (secondary N) is 1. The number of pyridine rings is 2. The Kier molecular flexibility index (Phi) is 5.26. The second-order valence-electron chi connectivity index (χ2n) is 8.31. The van der Waals surface area contributed by atoms with E-state index >= 15 is 0 Å². The van der Waals surface area contributed by atoms with Crippen molar-refractivity contribution in [1.82, 2.24) is 25.5 Å². The summed E-state index contributed by atoms with van der Waals surface area (Å²) in [5, 5.41) is 14.6. The van der Waals surface area contributed by atoms with Crippen molar-refractivity contribution >= 4 is 33.8 Å². The quantitative estimate of drug-likeness (QED) is 0.461. The molecule has 8 nitrogen and oxygen atoms in total. The average Bonchev–Trinajstić information content (AvgIpc) is 3.30. The molecule has 4 heterocycles. The molecule has 174 valence electrons. The van der Waals surface area contributed by atoms with Crippen molar-refractivity contribution in [1.29, 1.82) is 0 Å². The number of rotatable bonds is 5. The highest BCUT2D eigenvalue weighted by Crippen LogP contribution is 2.34. The molecule has 0 unspecified atom stereocenters. The van der Waals surface area contributed by atoms with Gasteiger partial charge in [-0.15, -0.1) is 10.2 Å². The van der Waals surface area contributed by atoms with Crippen LogP contribution in [0.25, 0.3) is 21.5 Å². The Morgan fingerprint density at radius 2 is 2.15 bits per heavy atom. The van der Waals surface area contributed by atoms with Gasteiger partial charge in [0.1, 0.15) is 22.3 Å². The van der Waals surface area contributed by atoms with Gasteiger partial charge in [-0.2, -0.15) is 0 Å². The van der Waals surface area contributed by atoms with Crippen LogP contribution in [0, 0.1) is 13.8 Å². The molecule has 1 atom stereocenters. The van der Waals surface area contributed by atoms with Gasteiger partial charge in [0.05, 0.1) is 22.8 Å². The first-order valence-electron chi connectivity index (χ1n) is 12.6. The minimum absolute atomic E-state index is 0.109. The van der Waals surface area contributed by atoms with E-state index in [1.807, 2.05) is 13.8 Å². The Bertz CT molecular complexity index is 1430. The summed E-state index contributed by atoms with van der Waals surface area (Å²) in [6, 6.07) is 8.56. The Hall–Kier alpha value is -3.43. The Morgan fingerprint density at radius 1 is 1.24 bits per heavy atom. The van der Waals surface area contributed by atoms with Gasteiger partial charge in [0.25, 0.3) is 5.91 Å². The summed E-state index contributed by atoms with van der Waals surface area (Å²) < 4.78 is 27.5. The molecule has 1 fully saturated rings. The molecule has 1 saturated heterocycles. The summed E-state index contributed by atoms with van der Waals surface area (Å²) in [6.45, 7) is 5.28. The molecule has 4 aromatic rings. The van der Waals surface area contributed by atoms with E-state index in [1.165, 1.54) is 11.3 Å². The number of amides is 1. The summed E-state index contributed by atoms with van der Waals surface area (Å²) >= 11 is 1.44. The van der Waals surface area contributed by atoms with Crippen LogP contribution in [0.2, 0.25) is 0 Å². The zero-order valence-electron chi connectivity index (χ0n) is 21.9. The van der Waals surface area contributed by atoms with Crippen LogP contribution in [-0.4, -0.2) is 52.2 Å². The van der Waals surface area contributed by atoms with Gasteiger partial charge in [0.15, 0.2) is 5.01 Å². The Labute approximate surface area is 206 Å². The number of benzene rings is 1. The Morgan fingerprint density at radius 3 is 2.85 bits per heavy atom. The van der Waals surface area contributed by atoms with Crippen LogP contribution in [0.15, 0.2) is 42.7 Å². The van der Waals surface area contributed by atoms with E-state index in [0.717, 1.165) is 40.7 Å². The molecule has 0 spiro atoms. The van der Waals surface area contributed by atoms with E-state index in [1.54, 1.807) is 47.6 Å². The summed E-state index contributed by atoms with van der Waals surface area (Å²) in [4.78, 5) is 24.9. The van der Waals surface area contributed by atoms with Gasteiger partial charge >= 0.3 is 0 Å². The fourth-order valence-corrected chi connectivity index (χ4v) is 5.05. The van der Waals surface area contributed by atoms with Crippen molar-refractivity contribution in [3.63, 3.8) is 0 Å². The molecule has 1 amide bonds. The van der Waals surface area contributed by atoms with Crippen molar-refractivity contribution in [3.05, 3.63) is 58.9 Å². The van der Waals surface area contributed by atoms with Crippen LogP contribution >= 0.6 is 11.3 Å². The predicted octanol–water partition coefficient (Wildman–Crippen LogP) is 4.17. The van der Waals surface area contributed by atoms with Gasteiger partial charge in [0.2, 0.25) is 0 Å². The SMILES string of the molecule is [2H]C([2H])([2H])Oc1cc(C)c2c(N(C(=O)c3ccc(-c4nnc(C)s4)nc3)[C@@H]3CCCNC3)nccc2c1. The molecule has 1 aliphatic heterocycles. The number of anilines is 1. The molecule has 34 heavy (non-hydrogen) atoms. The zero-order chi connectivity index (χ0) is 26.2. The van der Waals surface area contributed by atoms with Crippen molar-refractivity contribution in [2.75, 3.05) is 25.0 Å². The van der Waals surface area contributed by atoms with Crippen LogP contribution < -0.4 is 15.0 Å². The molecular formula is C25H26N6O2S. The number of aromatic nitrogens is 4. The minimum atomic E-state index is -2.56. The average molecular weight is 478 g/mol. The molecule has 0 bridgehead atoms. The van der Waals surface area contributed by atoms with E-state index in [-0.39, 0.29) is 17.7 Å². The van der Waals surface area contributed by atoms with Gasteiger partial charge in [-0.25, -0.2) is 4.98 Å². The molecule has 0 aliphatic carbocycles. The standard InChI is InChI=1S/C25H26N6O2S/c1-15-11-20(33-3)12-17-8-10-27-23(22(15)17)31(19-5-4-9-26-14-19)25(32)18-6-7-21(28-13-18)24-30-29-16(2)34-24/h6-8,10-13,19,26H,4-5,9,14H2,1-3H3/t19-/m1/s1/i3D3. The van der Waals surface area contributed by atoms with E-state index in [0.29, 0.717) is 28.6 Å². The van der Waals surface area contributed by atoms with Gasteiger partial charge in [0, 0.05) is 24.3 Å². The third-order valence-corrected chi connectivity index (χ3v) is 6.83. The summed E-state index contributed by atoms with van der Waals surface area (Å²) in [6.07, 6.45) is 4.96. The molecular weight excluding hydrogens is 448 g/mol. The first-order chi connectivity index (χ1) is 17.7. The normalized spacial score (nSPS) is 17.6. The number of nitrogens with zero attached hydrogens (tertiary/aromatic N) is 5. The number of carbonyl (C=O) groups excluding carboxylic acids is 1. The number of methoxy groups -OCH3 is 1. The van der Waals surface area contributed by atoms with Gasteiger partial charge < -0.3 is 10.1 Å². The number of fused-ring (bicyclic) bond motifs is 1. The smallest absolute Gasteiger partial charge is 0.261 e. The molecule has 1 aromatic carbocycles. The predicted molar refractivity (Wildman–Crippen MR) is 134 cm³/mol. The molecule has 3 aromatic heterocycles. The number of aryl methyl sites for hydroxylation is 2. The highest BCUT2D eigenvalue weighted by molar-refractivity contribution is 7.14. The third kappa shape index (κ3) is 4.24. The first-order valence-corrected chi connectivity index (χ1v) is 11.9. The van der Waals surface area contributed by atoms with E-state index < -0.39 is 7.04 Å². The molecule has 1 N–H and O–H groups in total. The first kappa shape index (κ1) is 18.9. The topological polar surface area (TPSA) is 93.1 Å². The fraction of sp³-hybridized carbons (Fsp3) is 0.320. The van der Waals surface area contributed by atoms with E-state index in [9.17, 15) is 4.79 Å². The molecule has 5 rings (SSSR count). The van der Waals surface area contributed by atoms with Crippen LogP contribution in [0.1, 0.15) is 37.9 Å². The van der Waals surface area contributed by atoms with Crippen LogP contribution in [0.3, 0.4) is 0 Å². The monoisotopic (exact) mass is 477 g/mol. The fourth-order valence-electron chi connectivity index (χ4n) is 4.39. The highest BCUT2D eigenvalue weighted by Gasteiger charge is 2.30. The number of carbonyl (C=O) groups is 1. The van der Waals surface area contributed by atoms with Gasteiger partial charge in [-0.1, -0.05) is 11.3 Å². The maximum atomic E-state index is 14.0. The van der Waals surface area contributed by atoms with Crippen molar-refractivity contribution in [2.45, 2.75) is 32.7 Å². The van der Waals surface area contributed by atoms with Crippen LogP contribution in [0.5, 0.6) is 5.75 Å². The van der Waals surface area contributed by atoms with Crippen LogP contribution in [0.4, 0.5) is 5.82 Å². The summed E-state index contributed by atoms with van der Waals surface area (Å²) in [5.74, 6) is 0.562. The molecule has 9 heteroatoms. The molecule has 1 aliphatic rings. The number of hydrogen-bond donors (Lipinski definition) is 1. The third-order valence-electron chi connectivity index (χ3n) is 5.97. The molecule has 0 radical (unpaired) electrons. The number of ether oxygens (including phenoxy) is 1. The summed E-state index contributed by atoms with van der Waals surface area (Å²) in [5.41, 5.74) is 1.87. The van der Waals surface area contributed by atoms with E-state index in [2.05, 4.69) is 25.5 Å². The second-order valence-corrected chi connectivity index (χ2v) is 9.49. The Balaban J connectivity index is 1.56. The lowest BCUT2D eigenvalue weighted by Gasteiger charge is -2.35. The van der Waals surface area contributed by atoms with Crippen molar-refractivity contribution < 1.29 is 13.6 Å². The molecule has 0 saturated carbocycles.